The molecule has 1 aromatic heterocycles. The number of esters is 1. The van der Waals surface area contributed by atoms with Crippen LogP contribution in [0.25, 0.3) is 0 Å². The molecule has 0 atom stereocenters. The van der Waals surface area contributed by atoms with Crippen LogP contribution in [-0.4, -0.2) is 73.5 Å². The molecule has 2 heterocycles. The topological polar surface area (TPSA) is 74.8 Å². The summed E-state index contributed by atoms with van der Waals surface area (Å²) in [5.74, 6) is 6.19. The minimum atomic E-state index is -0.392. The molecule has 3 rings (SSSR count). The van der Waals surface area contributed by atoms with Crippen molar-refractivity contribution in [3.8, 4) is 11.8 Å². The third-order valence-corrected chi connectivity index (χ3v) is 5.69. The van der Waals surface area contributed by atoms with Crippen LogP contribution in [0.3, 0.4) is 0 Å². The van der Waals surface area contributed by atoms with Gasteiger partial charge in [0, 0.05) is 36.5 Å². The van der Waals surface area contributed by atoms with Crippen molar-refractivity contribution < 1.29 is 14.3 Å². The number of aryl methyl sites for hydroxylation is 1. The van der Waals surface area contributed by atoms with Gasteiger partial charge < -0.3 is 15.0 Å². The SMILES string of the molecule is COC(=O)c1ccc(C)c(C#Cc2ccc(NC(=O)CN3CCC(N(C)C)CC3)nc2)c1. The molecule has 0 bridgehead atoms. The largest absolute Gasteiger partial charge is 0.465 e. The number of likely N-dealkylation sites (tertiary alicyclic amines) is 1. The Morgan fingerprint density at radius 2 is 1.94 bits per heavy atom. The summed E-state index contributed by atoms with van der Waals surface area (Å²) in [5, 5.41) is 2.86. The highest BCUT2D eigenvalue weighted by Crippen LogP contribution is 2.14. The minimum Gasteiger partial charge on any atom is -0.465 e. The molecule has 1 aromatic carbocycles. The van der Waals surface area contributed by atoms with Crippen LogP contribution in [0.15, 0.2) is 36.5 Å². The summed E-state index contributed by atoms with van der Waals surface area (Å²) < 4.78 is 4.76. The molecule has 7 heteroatoms. The minimum absolute atomic E-state index is 0.0603. The van der Waals surface area contributed by atoms with Crippen molar-refractivity contribution >= 4 is 17.7 Å². The average molecular weight is 435 g/mol. The Morgan fingerprint density at radius 3 is 2.56 bits per heavy atom. The third-order valence-electron chi connectivity index (χ3n) is 5.69. The number of nitrogens with one attached hydrogen (secondary N) is 1. The van der Waals surface area contributed by atoms with Gasteiger partial charge in [0.05, 0.1) is 19.2 Å². The second-order valence-electron chi connectivity index (χ2n) is 8.22. The summed E-state index contributed by atoms with van der Waals surface area (Å²) in [6, 6.07) is 9.44. The van der Waals surface area contributed by atoms with E-state index in [1.165, 1.54) is 7.11 Å². The molecular weight excluding hydrogens is 404 g/mol. The van der Waals surface area contributed by atoms with E-state index in [4.69, 9.17) is 4.74 Å². The summed E-state index contributed by atoms with van der Waals surface area (Å²) >= 11 is 0. The molecule has 7 nitrogen and oxygen atoms in total. The standard InChI is InChI=1S/C25H30N4O3/c1-18-5-8-21(25(31)32-4)15-20(18)9-6-19-7-10-23(26-16-19)27-24(30)17-29-13-11-22(12-14-29)28(2)3/h5,7-8,10,15-16,22H,11-14,17H2,1-4H3,(H,26,27,30). The maximum atomic E-state index is 12.4. The molecule has 1 aliphatic rings. The fraction of sp³-hybridized carbons (Fsp3) is 0.400. The van der Waals surface area contributed by atoms with Gasteiger partial charge in [-0.05, 0) is 63.7 Å². The van der Waals surface area contributed by atoms with Crippen molar-refractivity contribution in [3.05, 3.63) is 58.8 Å². The average Bonchev–Trinajstić information content (AvgIpc) is 2.79. The number of benzene rings is 1. The number of methoxy groups -OCH3 is 1. The maximum absolute atomic E-state index is 12.4. The van der Waals surface area contributed by atoms with E-state index in [9.17, 15) is 9.59 Å². The van der Waals surface area contributed by atoms with E-state index < -0.39 is 5.97 Å². The van der Waals surface area contributed by atoms with E-state index in [1.54, 1.807) is 24.4 Å². The van der Waals surface area contributed by atoms with Gasteiger partial charge in [-0.1, -0.05) is 17.9 Å². The van der Waals surface area contributed by atoms with Gasteiger partial charge in [-0.15, -0.1) is 0 Å². The lowest BCUT2D eigenvalue weighted by Gasteiger charge is -2.34. The summed E-state index contributed by atoms with van der Waals surface area (Å²) in [5.41, 5.74) is 2.90. The third kappa shape index (κ3) is 6.39. The number of carbonyl (C=O) groups excluding carboxylic acids is 2. The van der Waals surface area contributed by atoms with Gasteiger partial charge in [-0.25, -0.2) is 9.78 Å². The Bertz CT molecular complexity index is 1010. The molecular formula is C25H30N4O3. The number of ether oxygens (including phenoxy) is 1. The molecule has 1 aliphatic heterocycles. The van der Waals surface area contributed by atoms with Crippen LogP contribution >= 0.6 is 0 Å². The molecule has 1 saturated heterocycles. The van der Waals surface area contributed by atoms with Gasteiger partial charge in [0.1, 0.15) is 5.82 Å². The number of rotatable bonds is 5. The van der Waals surface area contributed by atoms with Crippen molar-refractivity contribution in [1.82, 2.24) is 14.8 Å². The van der Waals surface area contributed by atoms with E-state index in [0.29, 0.717) is 24.0 Å². The molecule has 0 unspecified atom stereocenters. The molecule has 0 spiro atoms. The smallest absolute Gasteiger partial charge is 0.337 e. The number of hydrogen-bond acceptors (Lipinski definition) is 6. The number of nitrogens with zero attached hydrogens (tertiary/aromatic N) is 3. The number of anilines is 1. The molecule has 1 N–H and O–H groups in total. The van der Waals surface area contributed by atoms with Gasteiger partial charge in [0.15, 0.2) is 0 Å². The van der Waals surface area contributed by atoms with E-state index in [-0.39, 0.29) is 5.91 Å². The molecule has 168 valence electrons. The fourth-order valence-electron chi connectivity index (χ4n) is 3.66. The van der Waals surface area contributed by atoms with Crippen LogP contribution in [0, 0.1) is 18.8 Å². The summed E-state index contributed by atoms with van der Waals surface area (Å²) in [7, 11) is 5.56. The summed E-state index contributed by atoms with van der Waals surface area (Å²) in [4.78, 5) is 32.8. The van der Waals surface area contributed by atoms with Gasteiger partial charge >= 0.3 is 5.97 Å². The van der Waals surface area contributed by atoms with Gasteiger partial charge in [-0.2, -0.15) is 0 Å². The lowest BCUT2D eigenvalue weighted by Crippen LogP contribution is -2.44. The van der Waals surface area contributed by atoms with Crippen molar-refractivity contribution in [2.45, 2.75) is 25.8 Å². The first kappa shape index (κ1) is 23.5. The van der Waals surface area contributed by atoms with E-state index in [2.05, 4.69) is 46.0 Å². The van der Waals surface area contributed by atoms with Gasteiger partial charge in [0.2, 0.25) is 5.91 Å². The monoisotopic (exact) mass is 434 g/mol. The van der Waals surface area contributed by atoms with Crippen molar-refractivity contribution in [1.29, 1.82) is 0 Å². The fourth-order valence-corrected chi connectivity index (χ4v) is 3.66. The number of hydrogen-bond donors (Lipinski definition) is 1. The highest BCUT2D eigenvalue weighted by molar-refractivity contribution is 5.91. The number of piperidine rings is 1. The molecule has 32 heavy (non-hydrogen) atoms. The zero-order valence-electron chi connectivity index (χ0n) is 19.1. The number of aromatic nitrogens is 1. The van der Waals surface area contributed by atoms with E-state index in [0.717, 1.165) is 42.6 Å². The second kappa shape index (κ2) is 10.9. The quantitative estimate of drug-likeness (QED) is 0.576. The first-order valence-corrected chi connectivity index (χ1v) is 10.7. The predicted molar refractivity (Wildman–Crippen MR) is 125 cm³/mol. The lowest BCUT2D eigenvalue weighted by atomic mass is 10.0. The van der Waals surface area contributed by atoms with Crippen LogP contribution in [0.1, 0.15) is 39.9 Å². The van der Waals surface area contributed by atoms with Crippen LogP contribution in [0.2, 0.25) is 0 Å². The molecule has 1 fully saturated rings. The highest BCUT2D eigenvalue weighted by atomic mass is 16.5. The van der Waals surface area contributed by atoms with Crippen LogP contribution in [-0.2, 0) is 9.53 Å². The Morgan fingerprint density at radius 1 is 1.19 bits per heavy atom. The van der Waals surface area contributed by atoms with Crippen LogP contribution in [0.4, 0.5) is 5.82 Å². The summed E-state index contributed by atoms with van der Waals surface area (Å²) in [6.45, 7) is 4.16. The Hall–Kier alpha value is -3.21. The lowest BCUT2D eigenvalue weighted by molar-refractivity contribution is -0.117. The normalized spacial score (nSPS) is 14.5. The van der Waals surface area contributed by atoms with E-state index >= 15 is 0 Å². The van der Waals surface area contributed by atoms with Crippen LogP contribution < -0.4 is 5.32 Å². The van der Waals surface area contributed by atoms with Crippen molar-refractivity contribution in [2.75, 3.05) is 46.2 Å². The molecule has 0 radical (unpaired) electrons. The Balaban J connectivity index is 1.56. The van der Waals surface area contributed by atoms with Crippen molar-refractivity contribution in [2.24, 2.45) is 0 Å². The first-order chi connectivity index (χ1) is 15.4. The Kier molecular flexibility index (Phi) is 7.98. The zero-order chi connectivity index (χ0) is 23.1. The van der Waals surface area contributed by atoms with Gasteiger partial charge in [0.25, 0.3) is 0 Å². The predicted octanol–water partition coefficient (Wildman–Crippen LogP) is 2.54. The summed E-state index contributed by atoms with van der Waals surface area (Å²) in [6.07, 6.45) is 3.78. The number of pyridine rings is 1. The van der Waals surface area contributed by atoms with E-state index in [1.807, 2.05) is 19.1 Å². The highest BCUT2D eigenvalue weighted by Gasteiger charge is 2.22. The zero-order valence-corrected chi connectivity index (χ0v) is 19.1. The molecule has 0 aliphatic carbocycles. The molecule has 0 saturated carbocycles. The number of carbonyl (C=O) groups is 2. The Labute approximate surface area is 189 Å². The van der Waals surface area contributed by atoms with Crippen LogP contribution in [0.5, 0.6) is 0 Å². The maximum Gasteiger partial charge on any atom is 0.337 e. The first-order valence-electron chi connectivity index (χ1n) is 10.7. The molecule has 1 amide bonds. The molecule has 2 aromatic rings. The van der Waals surface area contributed by atoms with Crippen molar-refractivity contribution in [3.63, 3.8) is 0 Å². The van der Waals surface area contributed by atoms with Gasteiger partial charge in [-0.3, -0.25) is 9.69 Å². The second-order valence-corrected chi connectivity index (χ2v) is 8.22. The number of amides is 1.